The Morgan fingerprint density at radius 2 is 1.39 bits per heavy atom. The van der Waals surface area contributed by atoms with Crippen LogP contribution in [0.5, 0.6) is 0 Å². The number of hydrogen-bond donors (Lipinski definition) is 4. The van der Waals surface area contributed by atoms with E-state index in [9.17, 15) is 38.8 Å². The van der Waals surface area contributed by atoms with Gasteiger partial charge in [0, 0.05) is 24.1 Å². The molecule has 4 N–H and O–H groups in total. The predicted molar refractivity (Wildman–Crippen MR) is 144 cm³/mol. The Morgan fingerprint density at radius 3 is 2.00 bits per heavy atom. The molecule has 2 fully saturated rings. The average Bonchev–Trinajstić information content (AvgIpc) is 2.98. The van der Waals surface area contributed by atoms with Crippen molar-refractivity contribution in [3.05, 3.63) is 101 Å². The number of amides is 1. The maximum Gasteiger partial charge on any atom is 0.233 e. The first kappa shape index (κ1) is 29.0. The Kier molecular flexibility index (Phi) is 8.58. The number of aliphatic hydroxyl groups excluding tert-OH is 4. The summed E-state index contributed by atoms with van der Waals surface area (Å²) >= 11 is 0. The molecule has 7 atom stereocenters. The van der Waals surface area contributed by atoms with Crippen LogP contribution in [0, 0.1) is 17.6 Å². The van der Waals surface area contributed by atoms with Crippen molar-refractivity contribution in [3.8, 4) is 0 Å². The molecule has 10 heteroatoms. The summed E-state index contributed by atoms with van der Waals surface area (Å²) < 4.78 is 32.5. The van der Waals surface area contributed by atoms with Crippen LogP contribution in [0.4, 0.5) is 14.5 Å². The molecule has 2 aliphatic rings. The summed E-state index contributed by atoms with van der Waals surface area (Å²) in [6.07, 6.45) is -5.56. The van der Waals surface area contributed by atoms with E-state index in [4.69, 9.17) is 4.74 Å². The first-order chi connectivity index (χ1) is 19.7. The first-order valence-corrected chi connectivity index (χ1v) is 13.4. The predicted octanol–water partition coefficient (Wildman–Crippen LogP) is 2.72. The zero-order valence-corrected chi connectivity index (χ0v) is 22.0. The smallest absolute Gasteiger partial charge is 0.233 e. The molecule has 2 saturated heterocycles. The number of Topliss-reactive ketones (excluding diaryl/α,β-unsaturated/α-hetero) is 1. The Morgan fingerprint density at radius 1 is 0.805 bits per heavy atom. The third kappa shape index (κ3) is 5.93. The molecule has 216 valence electrons. The zero-order chi connectivity index (χ0) is 29.3. The van der Waals surface area contributed by atoms with E-state index in [2.05, 4.69) is 0 Å². The van der Waals surface area contributed by atoms with Crippen LogP contribution in [0.15, 0.2) is 72.8 Å². The molecular formula is C31H31F2NO7. The number of nitrogens with zero attached hydrogens (tertiary/aromatic N) is 1. The fourth-order valence-corrected chi connectivity index (χ4v) is 5.60. The average molecular weight is 568 g/mol. The molecule has 0 unspecified atom stereocenters. The van der Waals surface area contributed by atoms with E-state index in [1.165, 1.54) is 48.5 Å². The van der Waals surface area contributed by atoms with Gasteiger partial charge in [0.1, 0.15) is 36.1 Å². The minimum absolute atomic E-state index is 0.0883. The Bertz CT molecular complexity index is 1360. The van der Waals surface area contributed by atoms with Crippen molar-refractivity contribution in [3.63, 3.8) is 0 Å². The highest BCUT2D eigenvalue weighted by Gasteiger charge is 2.48. The van der Waals surface area contributed by atoms with Gasteiger partial charge in [0.15, 0.2) is 5.78 Å². The second-order valence-corrected chi connectivity index (χ2v) is 10.5. The second kappa shape index (κ2) is 12.1. The molecule has 0 aliphatic carbocycles. The number of β-lactam (4-membered cyclic amide) rings is 1. The third-order valence-electron chi connectivity index (χ3n) is 7.92. The van der Waals surface area contributed by atoms with Gasteiger partial charge in [-0.25, -0.2) is 8.78 Å². The van der Waals surface area contributed by atoms with Crippen LogP contribution in [0.25, 0.3) is 0 Å². The van der Waals surface area contributed by atoms with E-state index in [1.807, 2.05) is 12.1 Å². The van der Waals surface area contributed by atoms with Crippen molar-refractivity contribution in [2.45, 2.75) is 55.8 Å². The van der Waals surface area contributed by atoms with Crippen LogP contribution in [0.3, 0.4) is 0 Å². The van der Waals surface area contributed by atoms with Crippen molar-refractivity contribution in [2.75, 3.05) is 11.5 Å². The van der Waals surface area contributed by atoms with Crippen LogP contribution >= 0.6 is 0 Å². The fraction of sp³-hybridized carbons (Fsp3) is 0.355. The van der Waals surface area contributed by atoms with Gasteiger partial charge < -0.3 is 30.1 Å². The van der Waals surface area contributed by atoms with E-state index in [1.54, 1.807) is 17.0 Å². The molecule has 3 aromatic rings. The van der Waals surface area contributed by atoms with Gasteiger partial charge in [-0.3, -0.25) is 9.59 Å². The molecule has 3 aromatic carbocycles. The number of anilines is 1. The highest BCUT2D eigenvalue weighted by Crippen LogP contribution is 2.45. The summed E-state index contributed by atoms with van der Waals surface area (Å²) in [5.41, 5.74) is 2.42. The number of ketones is 1. The molecule has 0 saturated carbocycles. The topological polar surface area (TPSA) is 128 Å². The van der Waals surface area contributed by atoms with E-state index in [-0.39, 0.29) is 31.0 Å². The number of rotatable bonds is 9. The number of aliphatic hydroxyl groups is 4. The molecule has 1 amide bonds. The Hall–Kier alpha value is -3.54. The summed E-state index contributed by atoms with van der Waals surface area (Å²) in [5.74, 6) is -1.79. The van der Waals surface area contributed by atoms with Gasteiger partial charge in [-0.15, -0.1) is 0 Å². The highest BCUT2D eigenvalue weighted by molar-refractivity contribution is 6.04. The number of halogens is 2. The van der Waals surface area contributed by atoms with Crippen molar-refractivity contribution >= 4 is 17.4 Å². The minimum atomic E-state index is -1.46. The summed E-state index contributed by atoms with van der Waals surface area (Å²) in [4.78, 5) is 27.6. The second-order valence-electron chi connectivity index (χ2n) is 10.5. The quantitative estimate of drug-likeness (QED) is 0.231. The van der Waals surface area contributed by atoms with Crippen LogP contribution < -0.4 is 4.90 Å². The van der Waals surface area contributed by atoms with Crippen LogP contribution in [-0.2, 0) is 16.0 Å². The summed E-state index contributed by atoms with van der Waals surface area (Å²) in [6.45, 7) is -0.514. The molecule has 0 spiro atoms. The van der Waals surface area contributed by atoms with E-state index in [0.717, 1.165) is 11.1 Å². The molecule has 5 rings (SSSR count). The molecule has 2 heterocycles. The first-order valence-electron chi connectivity index (χ1n) is 13.4. The van der Waals surface area contributed by atoms with Crippen molar-refractivity contribution in [1.82, 2.24) is 0 Å². The van der Waals surface area contributed by atoms with Gasteiger partial charge in [0.25, 0.3) is 0 Å². The lowest BCUT2D eigenvalue weighted by Crippen LogP contribution is -2.59. The molecule has 0 radical (unpaired) electrons. The Labute approximate surface area is 235 Å². The standard InChI is InChI=1S/C31H31F2NO7/c32-20-7-5-18(6-8-20)24(36)14-13-23-27(34(31(23)40)22-11-9-21(33)10-12-22)19-3-1-17(2-4-19)15-25-28(37)30(39)29(38)26(16-35)41-25/h1-12,23,25-30,35,37-39H,13-16H2/t23-,25+,26-,27-,28+,29-,30+/m1/s1. The van der Waals surface area contributed by atoms with Gasteiger partial charge in [0.2, 0.25) is 5.91 Å². The summed E-state index contributed by atoms with van der Waals surface area (Å²) in [5, 5.41) is 39.9. The number of ether oxygens (including phenoxy) is 1. The fourth-order valence-electron chi connectivity index (χ4n) is 5.60. The molecule has 0 bridgehead atoms. The van der Waals surface area contributed by atoms with Gasteiger partial charge >= 0.3 is 0 Å². The lowest BCUT2D eigenvalue weighted by atomic mass is 9.78. The largest absolute Gasteiger partial charge is 0.394 e. The lowest BCUT2D eigenvalue weighted by Gasteiger charge is -2.47. The number of carbonyl (C=O) groups excluding carboxylic acids is 2. The van der Waals surface area contributed by atoms with Crippen LogP contribution in [0.2, 0.25) is 0 Å². The monoisotopic (exact) mass is 567 g/mol. The van der Waals surface area contributed by atoms with Crippen molar-refractivity contribution < 1.29 is 43.5 Å². The zero-order valence-electron chi connectivity index (χ0n) is 22.0. The highest BCUT2D eigenvalue weighted by atomic mass is 19.1. The van der Waals surface area contributed by atoms with Gasteiger partial charge in [-0.1, -0.05) is 24.3 Å². The normalized spacial score (nSPS) is 27.9. The SMILES string of the molecule is O=C(CC[C@H]1C(=O)N(c2ccc(F)cc2)[C@@H]1c1ccc(C[C@@H]2O[C@H](CO)[C@@H](O)[C@@H](O)[C@H]2O)cc1)c1ccc(F)cc1. The molecular weight excluding hydrogens is 536 g/mol. The summed E-state index contributed by atoms with van der Waals surface area (Å²) in [7, 11) is 0. The molecule has 2 aliphatic heterocycles. The third-order valence-corrected chi connectivity index (χ3v) is 7.92. The number of carbonyl (C=O) groups is 2. The van der Waals surface area contributed by atoms with Gasteiger partial charge in [-0.2, -0.15) is 0 Å². The molecule has 41 heavy (non-hydrogen) atoms. The maximum absolute atomic E-state index is 13.6. The molecule has 8 nitrogen and oxygen atoms in total. The Balaban J connectivity index is 1.34. The number of hydrogen-bond acceptors (Lipinski definition) is 7. The van der Waals surface area contributed by atoms with Crippen LogP contribution in [-0.4, -0.2) is 69.2 Å². The van der Waals surface area contributed by atoms with Crippen LogP contribution in [0.1, 0.15) is 40.4 Å². The minimum Gasteiger partial charge on any atom is -0.394 e. The lowest BCUT2D eigenvalue weighted by molar-refractivity contribution is -0.228. The van der Waals surface area contributed by atoms with E-state index < -0.39 is 60.7 Å². The summed E-state index contributed by atoms with van der Waals surface area (Å²) in [6, 6.07) is 17.7. The number of benzene rings is 3. The van der Waals surface area contributed by atoms with E-state index >= 15 is 0 Å². The van der Waals surface area contributed by atoms with E-state index in [0.29, 0.717) is 11.3 Å². The van der Waals surface area contributed by atoms with Crippen molar-refractivity contribution in [1.29, 1.82) is 0 Å². The van der Waals surface area contributed by atoms with Crippen molar-refractivity contribution in [2.24, 2.45) is 5.92 Å². The van der Waals surface area contributed by atoms with Gasteiger partial charge in [0.05, 0.1) is 24.7 Å². The molecule has 0 aromatic heterocycles. The van der Waals surface area contributed by atoms with Gasteiger partial charge in [-0.05, 0) is 66.1 Å². The maximum atomic E-state index is 13.6.